The number of amides is 1. The van der Waals surface area contributed by atoms with Crippen molar-refractivity contribution in [3.63, 3.8) is 0 Å². The number of hydrogen-bond acceptors (Lipinski definition) is 8. The van der Waals surface area contributed by atoms with Crippen LogP contribution in [-0.2, 0) is 31.3 Å². The molecular formula is C34H43N5O8S2. The van der Waals surface area contributed by atoms with Crippen LogP contribution in [0.15, 0.2) is 88.8 Å². The van der Waals surface area contributed by atoms with Gasteiger partial charge < -0.3 is 15.4 Å². The fraction of sp³-hybridized carbons (Fsp3) is 0.382. The molecule has 0 unspecified atom stereocenters. The van der Waals surface area contributed by atoms with Gasteiger partial charge in [0, 0.05) is 48.4 Å². The van der Waals surface area contributed by atoms with Gasteiger partial charge in [-0.15, -0.1) is 0 Å². The van der Waals surface area contributed by atoms with E-state index in [1.165, 1.54) is 4.31 Å². The summed E-state index contributed by atoms with van der Waals surface area (Å²) in [5.74, 6) is -0.560. The van der Waals surface area contributed by atoms with Crippen LogP contribution in [0.4, 0.5) is 5.69 Å². The maximum atomic E-state index is 13.6. The van der Waals surface area contributed by atoms with Gasteiger partial charge in [0.25, 0.3) is 5.69 Å². The number of aryl methyl sites for hydroxylation is 1. The standard InChI is InChI=1S/C34H43N5O8S2/c1-24(2)22-38(49(46,47)30-15-11-25(3)12-16-30)28(23-40)8-6-7-19-35-34(41)33(20-26-21-36-32-10-5-4-9-31(26)32)37-48(44,45)29-17-13-27(14-18-29)39(42)43/h4-5,9-18,21,24,28,33,36-37,40H,6-8,19-20,22-23H2,1-3H3,(H,35,41)/t28-,33-/m0/s1. The minimum absolute atomic E-state index is 0.0115. The normalized spacial score (nSPS) is 13.5. The summed E-state index contributed by atoms with van der Waals surface area (Å²) in [7, 11) is -8.12. The first-order valence-electron chi connectivity index (χ1n) is 16.0. The lowest BCUT2D eigenvalue weighted by Gasteiger charge is -2.31. The molecule has 0 aliphatic heterocycles. The average molecular weight is 714 g/mol. The van der Waals surface area contributed by atoms with Crippen molar-refractivity contribution in [2.24, 2.45) is 5.92 Å². The number of nitro groups is 1. The Kier molecular flexibility index (Phi) is 12.7. The molecule has 264 valence electrons. The first-order chi connectivity index (χ1) is 23.2. The van der Waals surface area contributed by atoms with Gasteiger partial charge in [-0.05, 0) is 68.0 Å². The minimum Gasteiger partial charge on any atom is -0.395 e. The van der Waals surface area contributed by atoms with Crippen molar-refractivity contribution < 1.29 is 31.7 Å². The number of carbonyl (C=O) groups excluding carboxylic acids is 1. The Morgan fingerprint density at radius 1 is 0.959 bits per heavy atom. The molecule has 0 saturated heterocycles. The third kappa shape index (κ3) is 9.73. The first kappa shape index (κ1) is 37.7. The zero-order chi connectivity index (χ0) is 35.8. The van der Waals surface area contributed by atoms with Crippen molar-refractivity contribution in [1.82, 2.24) is 19.3 Å². The average Bonchev–Trinajstić information content (AvgIpc) is 3.47. The van der Waals surface area contributed by atoms with E-state index in [0.717, 1.165) is 40.7 Å². The van der Waals surface area contributed by atoms with Crippen LogP contribution in [0.5, 0.6) is 0 Å². The summed E-state index contributed by atoms with van der Waals surface area (Å²) in [6.45, 7) is 5.71. The Morgan fingerprint density at radius 3 is 2.24 bits per heavy atom. The van der Waals surface area contributed by atoms with E-state index in [9.17, 15) is 36.9 Å². The summed E-state index contributed by atoms with van der Waals surface area (Å²) < 4.78 is 57.6. The highest BCUT2D eigenvalue weighted by atomic mass is 32.2. The van der Waals surface area contributed by atoms with Gasteiger partial charge in [-0.1, -0.05) is 56.2 Å². The minimum atomic E-state index is -4.25. The van der Waals surface area contributed by atoms with E-state index in [-0.39, 0.29) is 47.5 Å². The van der Waals surface area contributed by atoms with Crippen LogP contribution in [0.2, 0.25) is 0 Å². The van der Waals surface area contributed by atoms with Crippen molar-refractivity contribution in [2.45, 2.75) is 68.3 Å². The smallest absolute Gasteiger partial charge is 0.269 e. The molecule has 49 heavy (non-hydrogen) atoms. The van der Waals surface area contributed by atoms with Crippen LogP contribution in [0.25, 0.3) is 10.9 Å². The molecule has 0 fully saturated rings. The van der Waals surface area contributed by atoms with Crippen LogP contribution in [0.1, 0.15) is 44.2 Å². The second kappa shape index (κ2) is 16.5. The lowest BCUT2D eigenvalue weighted by atomic mass is 10.0. The molecule has 4 N–H and O–H groups in total. The fourth-order valence-corrected chi connectivity index (χ4v) is 8.53. The predicted molar refractivity (Wildman–Crippen MR) is 187 cm³/mol. The number of nitrogens with one attached hydrogen (secondary N) is 3. The van der Waals surface area contributed by atoms with Gasteiger partial charge in [0.05, 0.1) is 21.3 Å². The largest absolute Gasteiger partial charge is 0.395 e. The lowest BCUT2D eigenvalue weighted by Crippen LogP contribution is -2.48. The summed E-state index contributed by atoms with van der Waals surface area (Å²) >= 11 is 0. The molecule has 2 atom stereocenters. The van der Waals surface area contributed by atoms with Gasteiger partial charge >= 0.3 is 0 Å². The first-order valence-corrected chi connectivity index (χ1v) is 18.9. The summed E-state index contributed by atoms with van der Waals surface area (Å²) in [6, 6.07) is 16.5. The number of hydrogen-bond donors (Lipinski definition) is 4. The van der Waals surface area contributed by atoms with E-state index < -0.39 is 43.0 Å². The summed E-state index contributed by atoms with van der Waals surface area (Å²) in [6.07, 6.45) is 3.00. The molecule has 0 radical (unpaired) electrons. The van der Waals surface area contributed by atoms with Crippen molar-refractivity contribution in [1.29, 1.82) is 0 Å². The van der Waals surface area contributed by atoms with E-state index in [1.807, 2.05) is 45.0 Å². The number of sulfonamides is 2. The van der Waals surface area contributed by atoms with Gasteiger partial charge in [-0.3, -0.25) is 14.9 Å². The van der Waals surface area contributed by atoms with Crippen molar-refractivity contribution in [3.8, 4) is 0 Å². The Hall–Kier alpha value is -4.15. The number of aromatic amines is 1. The van der Waals surface area contributed by atoms with Crippen LogP contribution >= 0.6 is 0 Å². The number of para-hydroxylation sites is 1. The zero-order valence-corrected chi connectivity index (χ0v) is 29.3. The summed E-state index contributed by atoms with van der Waals surface area (Å²) in [4.78, 5) is 27.0. The number of fused-ring (bicyclic) bond motifs is 1. The van der Waals surface area contributed by atoms with Gasteiger partial charge in [0.15, 0.2) is 0 Å². The lowest BCUT2D eigenvalue weighted by molar-refractivity contribution is -0.384. The molecule has 1 heterocycles. The predicted octanol–water partition coefficient (Wildman–Crippen LogP) is 4.27. The number of rotatable bonds is 18. The Bertz CT molecular complexity index is 1940. The molecule has 1 amide bonds. The number of carbonyl (C=O) groups is 1. The fourth-order valence-electron chi connectivity index (χ4n) is 5.53. The van der Waals surface area contributed by atoms with Crippen LogP contribution in [-0.4, -0.2) is 73.8 Å². The number of aliphatic hydroxyl groups excluding tert-OH is 1. The van der Waals surface area contributed by atoms with Crippen molar-refractivity contribution >= 4 is 42.5 Å². The molecule has 0 saturated carbocycles. The number of non-ortho nitro benzene ring substituents is 1. The molecule has 1 aromatic heterocycles. The molecule has 15 heteroatoms. The Balaban J connectivity index is 1.44. The van der Waals surface area contributed by atoms with E-state index in [0.29, 0.717) is 24.8 Å². The van der Waals surface area contributed by atoms with E-state index in [4.69, 9.17) is 0 Å². The molecule has 0 spiro atoms. The van der Waals surface area contributed by atoms with Crippen LogP contribution < -0.4 is 10.0 Å². The molecule has 3 aromatic carbocycles. The maximum Gasteiger partial charge on any atom is 0.269 e. The molecule has 0 bridgehead atoms. The Morgan fingerprint density at radius 2 is 1.61 bits per heavy atom. The number of aromatic nitrogens is 1. The maximum absolute atomic E-state index is 13.6. The monoisotopic (exact) mass is 713 g/mol. The number of aliphatic hydroxyl groups is 1. The molecular weight excluding hydrogens is 671 g/mol. The number of H-pyrrole nitrogens is 1. The van der Waals surface area contributed by atoms with Gasteiger partial charge in [-0.25, -0.2) is 16.8 Å². The third-order valence-electron chi connectivity index (χ3n) is 8.12. The van der Waals surface area contributed by atoms with Crippen LogP contribution in [0, 0.1) is 23.0 Å². The van der Waals surface area contributed by atoms with Gasteiger partial charge in [-0.2, -0.15) is 9.03 Å². The highest BCUT2D eigenvalue weighted by Gasteiger charge is 2.32. The quantitative estimate of drug-likeness (QED) is 0.0668. The molecule has 0 aliphatic carbocycles. The Labute approximate surface area is 287 Å². The molecule has 4 aromatic rings. The highest BCUT2D eigenvalue weighted by molar-refractivity contribution is 7.89. The number of nitro benzene ring substituents is 1. The molecule has 13 nitrogen and oxygen atoms in total. The number of benzene rings is 3. The molecule has 0 aliphatic rings. The van der Waals surface area contributed by atoms with Gasteiger partial charge in [0.1, 0.15) is 6.04 Å². The van der Waals surface area contributed by atoms with E-state index >= 15 is 0 Å². The second-order valence-corrected chi connectivity index (χ2v) is 16.0. The van der Waals surface area contributed by atoms with Crippen LogP contribution in [0.3, 0.4) is 0 Å². The molecule has 4 rings (SSSR count). The zero-order valence-electron chi connectivity index (χ0n) is 27.7. The van der Waals surface area contributed by atoms with Crippen molar-refractivity contribution in [3.05, 3.63) is 100 Å². The second-order valence-electron chi connectivity index (χ2n) is 12.4. The van der Waals surface area contributed by atoms with Gasteiger partial charge in [0.2, 0.25) is 26.0 Å². The topological polar surface area (TPSA) is 192 Å². The number of nitrogens with zero attached hydrogens (tertiary/aromatic N) is 2. The van der Waals surface area contributed by atoms with Crippen molar-refractivity contribution in [2.75, 3.05) is 19.7 Å². The SMILES string of the molecule is Cc1ccc(S(=O)(=O)N(CC(C)C)[C@H](CO)CCCCNC(=O)[C@H](Cc2c[nH]c3ccccc23)NS(=O)(=O)c2ccc([N+](=O)[O-])cc2)cc1. The highest BCUT2D eigenvalue weighted by Crippen LogP contribution is 2.24. The van der Waals surface area contributed by atoms with E-state index in [2.05, 4.69) is 15.0 Å². The third-order valence-corrected chi connectivity index (χ3v) is 11.5. The van der Waals surface area contributed by atoms with E-state index in [1.54, 1.807) is 30.5 Å². The number of unbranched alkanes of at least 4 members (excludes halogenated alkanes) is 1. The summed E-state index contributed by atoms with van der Waals surface area (Å²) in [5, 5.41) is 24.9. The summed E-state index contributed by atoms with van der Waals surface area (Å²) in [5.41, 5.74) is 2.20.